The number of nitrogens with one attached hydrogen (secondary N) is 2. The molecule has 0 aliphatic heterocycles. The highest BCUT2D eigenvalue weighted by Crippen LogP contribution is 2.34. The summed E-state index contributed by atoms with van der Waals surface area (Å²) in [5.74, 6) is 0.566. The van der Waals surface area contributed by atoms with Crippen LogP contribution in [0, 0.1) is 0 Å². The lowest BCUT2D eigenvalue weighted by Crippen LogP contribution is -2.53. The number of carbonyl (C=O) groups is 1. The normalized spacial score (nSPS) is 17.8. The Bertz CT molecular complexity index is 440. The van der Waals surface area contributed by atoms with Crippen molar-refractivity contribution in [2.24, 2.45) is 0 Å². The topological polar surface area (TPSA) is 41.1 Å². The molecule has 1 aromatic carbocycles. The van der Waals surface area contributed by atoms with Crippen molar-refractivity contribution in [2.75, 3.05) is 13.1 Å². The first kappa shape index (κ1) is 13.1. The minimum atomic E-state index is -0.488. The molecule has 1 unspecified atom stereocenters. The van der Waals surface area contributed by atoms with Crippen LogP contribution < -0.4 is 10.6 Å². The SMILES string of the molecule is CCNC(C)(C)C(=O)NCC1Cc2ccccc21. The van der Waals surface area contributed by atoms with Crippen LogP contribution in [0.3, 0.4) is 0 Å². The Balaban J connectivity index is 1.86. The summed E-state index contributed by atoms with van der Waals surface area (Å²) < 4.78 is 0. The Hall–Kier alpha value is -1.35. The van der Waals surface area contributed by atoms with E-state index in [2.05, 4.69) is 34.9 Å². The molecule has 1 aromatic rings. The van der Waals surface area contributed by atoms with Crippen molar-refractivity contribution >= 4 is 5.91 Å². The molecule has 3 nitrogen and oxygen atoms in total. The largest absolute Gasteiger partial charge is 0.354 e. The molecule has 2 rings (SSSR count). The van der Waals surface area contributed by atoms with Crippen LogP contribution in [-0.4, -0.2) is 24.5 Å². The van der Waals surface area contributed by atoms with Gasteiger partial charge in [-0.05, 0) is 37.9 Å². The summed E-state index contributed by atoms with van der Waals surface area (Å²) >= 11 is 0. The maximum absolute atomic E-state index is 12.0. The number of likely N-dealkylation sites (N-methyl/N-ethyl adjacent to an activating group) is 1. The third kappa shape index (κ3) is 2.56. The van der Waals surface area contributed by atoms with E-state index in [0.717, 1.165) is 19.5 Å². The van der Waals surface area contributed by atoms with Crippen LogP contribution in [0.15, 0.2) is 24.3 Å². The van der Waals surface area contributed by atoms with E-state index < -0.39 is 5.54 Å². The molecule has 0 radical (unpaired) electrons. The average molecular weight is 246 g/mol. The van der Waals surface area contributed by atoms with Gasteiger partial charge >= 0.3 is 0 Å². The number of amides is 1. The summed E-state index contributed by atoms with van der Waals surface area (Å²) in [6.07, 6.45) is 1.08. The lowest BCUT2D eigenvalue weighted by atomic mass is 9.77. The number of fused-ring (bicyclic) bond motifs is 1. The van der Waals surface area contributed by atoms with Gasteiger partial charge in [0.1, 0.15) is 0 Å². The van der Waals surface area contributed by atoms with E-state index >= 15 is 0 Å². The van der Waals surface area contributed by atoms with Crippen molar-refractivity contribution in [3.05, 3.63) is 35.4 Å². The molecule has 2 N–H and O–H groups in total. The summed E-state index contributed by atoms with van der Waals surface area (Å²) in [6, 6.07) is 8.46. The number of rotatable bonds is 5. The summed E-state index contributed by atoms with van der Waals surface area (Å²) in [5.41, 5.74) is 2.32. The third-order valence-electron chi connectivity index (χ3n) is 3.66. The standard InChI is InChI=1S/C15H22N2O/c1-4-17-15(2,3)14(18)16-10-12-9-11-7-5-6-8-13(11)12/h5-8,12,17H,4,9-10H2,1-3H3,(H,16,18). The van der Waals surface area contributed by atoms with Crippen LogP contribution in [-0.2, 0) is 11.2 Å². The predicted octanol–water partition coefficient (Wildman–Crippen LogP) is 1.83. The minimum absolute atomic E-state index is 0.0775. The van der Waals surface area contributed by atoms with E-state index in [0.29, 0.717) is 5.92 Å². The summed E-state index contributed by atoms with van der Waals surface area (Å²) in [4.78, 5) is 12.0. The number of carbonyl (C=O) groups excluding carboxylic acids is 1. The fraction of sp³-hybridized carbons (Fsp3) is 0.533. The zero-order chi connectivity index (χ0) is 13.2. The minimum Gasteiger partial charge on any atom is -0.354 e. The van der Waals surface area contributed by atoms with Crippen molar-refractivity contribution in [1.29, 1.82) is 0 Å². The maximum Gasteiger partial charge on any atom is 0.239 e. The quantitative estimate of drug-likeness (QED) is 0.832. The highest BCUT2D eigenvalue weighted by molar-refractivity contribution is 5.85. The monoisotopic (exact) mass is 246 g/mol. The Morgan fingerprint density at radius 1 is 1.39 bits per heavy atom. The first-order valence-corrected chi connectivity index (χ1v) is 6.65. The van der Waals surface area contributed by atoms with Gasteiger partial charge in [-0.15, -0.1) is 0 Å². The van der Waals surface area contributed by atoms with E-state index in [1.54, 1.807) is 0 Å². The number of hydrogen-bond acceptors (Lipinski definition) is 2. The van der Waals surface area contributed by atoms with Gasteiger partial charge in [0.05, 0.1) is 5.54 Å². The molecule has 0 bridgehead atoms. The molecule has 98 valence electrons. The Morgan fingerprint density at radius 2 is 2.11 bits per heavy atom. The smallest absolute Gasteiger partial charge is 0.239 e. The van der Waals surface area contributed by atoms with Gasteiger partial charge in [-0.1, -0.05) is 31.2 Å². The molecule has 1 atom stereocenters. The van der Waals surface area contributed by atoms with Crippen molar-refractivity contribution in [1.82, 2.24) is 10.6 Å². The van der Waals surface area contributed by atoms with Crippen molar-refractivity contribution in [3.8, 4) is 0 Å². The highest BCUT2D eigenvalue weighted by Gasteiger charge is 2.29. The van der Waals surface area contributed by atoms with E-state index in [1.807, 2.05) is 20.8 Å². The summed E-state index contributed by atoms with van der Waals surface area (Å²) in [5, 5.41) is 6.24. The zero-order valence-electron chi connectivity index (χ0n) is 11.4. The maximum atomic E-state index is 12.0. The van der Waals surface area contributed by atoms with Gasteiger partial charge in [0.25, 0.3) is 0 Å². The van der Waals surface area contributed by atoms with Crippen molar-refractivity contribution in [2.45, 2.75) is 38.6 Å². The first-order valence-electron chi connectivity index (χ1n) is 6.65. The van der Waals surface area contributed by atoms with Gasteiger partial charge < -0.3 is 10.6 Å². The van der Waals surface area contributed by atoms with E-state index in [1.165, 1.54) is 11.1 Å². The molecule has 0 aromatic heterocycles. The molecule has 0 spiro atoms. The van der Waals surface area contributed by atoms with E-state index in [9.17, 15) is 4.79 Å². The molecule has 18 heavy (non-hydrogen) atoms. The van der Waals surface area contributed by atoms with Gasteiger partial charge in [-0.2, -0.15) is 0 Å². The van der Waals surface area contributed by atoms with Crippen molar-refractivity contribution in [3.63, 3.8) is 0 Å². The van der Waals surface area contributed by atoms with Crippen LogP contribution in [0.4, 0.5) is 0 Å². The van der Waals surface area contributed by atoms with Gasteiger partial charge in [0.15, 0.2) is 0 Å². The van der Waals surface area contributed by atoms with E-state index in [4.69, 9.17) is 0 Å². The van der Waals surface area contributed by atoms with Crippen LogP contribution in [0.5, 0.6) is 0 Å². The van der Waals surface area contributed by atoms with Gasteiger partial charge in [-0.3, -0.25) is 4.79 Å². The molecule has 3 heteroatoms. The Labute approximate surface area is 109 Å². The summed E-state index contributed by atoms with van der Waals surface area (Å²) in [6.45, 7) is 7.38. The highest BCUT2D eigenvalue weighted by atomic mass is 16.2. The molecule has 0 heterocycles. The number of hydrogen-bond donors (Lipinski definition) is 2. The molecule has 1 amide bonds. The molecule has 0 fully saturated rings. The second kappa shape index (κ2) is 5.11. The van der Waals surface area contributed by atoms with E-state index in [-0.39, 0.29) is 5.91 Å². The Kier molecular flexibility index (Phi) is 3.71. The Morgan fingerprint density at radius 3 is 2.78 bits per heavy atom. The van der Waals surface area contributed by atoms with Crippen molar-refractivity contribution < 1.29 is 4.79 Å². The second-order valence-corrected chi connectivity index (χ2v) is 5.47. The lowest BCUT2D eigenvalue weighted by molar-refractivity contribution is -0.126. The lowest BCUT2D eigenvalue weighted by Gasteiger charge is -2.32. The van der Waals surface area contributed by atoms with Gasteiger partial charge in [0, 0.05) is 12.5 Å². The molecule has 0 saturated carbocycles. The average Bonchev–Trinajstić information content (AvgIpc) is 2.30. The fourth-order valence-corrected chi connectivity index (χ4v) is 2.50. The molecule has 1 aliphatic carbocycles. The van der Waals surface area contributed by atoms with Crippen LogP contribution >= 0.6 is 0 Å². The molecular weight excluding hydrogens is 224 g/mol. The van der Waals surface area contributed by atoms with Gasteiger partial charge in [0.2, 0.25) is 5.91 Å². The molecular formula is C15H22N2O. The summed E-state index contributed by atoms with van der Waals surface area (Å²) in [7, 11) is 0. The third-order valence-corrected chi connectivity index (χ3v) is 3.66. The van der Waals surface area contributed by atoms with Gasteiger partial charge in [-0.25, -0.2) is 0 Å². The van der Waals surface area contributed by atoms with Crippen LogP contribution in [0.2, 0.25) is 0 Å². The van der Waals surface area contributed by atoms with Crippen LogP contribution in [0.25, 0.3) is 0 Å². The molecule has 0 saturated heterocycles. The van der Waals surface area contributed by atoms with Crippen LogP contribution in [0.1, 0.15) is 37.8 Å². The number of benzene rings is 1. The molecule has 1 aliphatic rings. The zero-order valence-corrected chi connectivity index (χ0v) is 11.4. The second-order valence-electron chi connectivity index (χ2n) is 5.47. The first-order chi connectivity index (χ1) is 8.54. The fourth-order valence-electron chi connectivity index (χ4n) is 2.50. The predicted molar refractivity (Wildman–Crippen MR) is 73.7 cm³/mol.